The van der Waals surface area contributed by atoms with Crippen molar-refractivity contribution in [3.05, 3.63) is 0 Å². The summed E-state index contributed by atoms with van der Waals surface area (Å²) in [6.07, 6.45) is 0.933. The van der Waals surface area contributed by atoms with Crippen LogP contribution in [0, 0.1) is 0 Å². The largest absolute Gasteiger partial charge is 0.480 e. The number of carboxylic acid groups (broad SMARTS) is 1. The number of nitrogens with one attached hydrogen (secondary N) is 5. The molecule has 5 amide bonds. The van der Waals surface area contributed by atoms with Gasteiger partial charge in [0.1, 0.15) is 12.1 Å². The number of carboxylic acids is 1. The molecular weight excluding hydrogens is 448 g/mol. The van der Waals surface area contributed by atoms with E-state index in [9.17, 15) is 33.9 Å². The van der Waals surface area contributed by atoms with Crippen LogP contribution in [-0.4, -0.2) is 102 Å². The molecule has 32 heavy (non-hydrogen) atoms. The molecule has 0 fully saturated rings. The first-order valence-electron chi connectivity index (χ1n) is 9.50. The van der Waals surface area contributed by atoms with Crippen LogP contribution in [0.15, 0.2) is 0 Å². The molecule has 0 aliphatic carbocycles. The third kappa shape index (κ3) is 13.4. The average Bonchev–Trinajstić information content (AvgIpc) is 2.74. The first kappa shape index (κ1) is 29.1. The van der Waals surface area contributed by atoms with Crippen LogP contribution in [0.4, 0.5) is 0 Å². The lowest BCUT2D eigenvalue weighted by Crippen LogP contribution is -2.50. The second-order valence-electron chi connectivity index (χ2n) is 6.55. The Kier molecular flexibility index (Phi) is 14.4. The molecule has 3 atom stereocenters. The van der Waals surface area contributed by atoms with Gasteiger partial charge in [-0.15, -0.1) is 0 Å². The number of hydrogen-bond acceptors (Lipinski definition) is 9. The normalized spacial score (nSPS) is 13.1. The van der Waals surface area contributed by atoms with Gasteiger partial charge in [0.15, 0.2) is 0 Å². The van der Waals surface area contributed by atoms with Crippen molar-refractivity contribution in [2.45, 2.75) is 31.5 Å². The van der Waals surface area contributed by atoms with E-state index in [1.807, 2.05) is 0 Å². The fraction of sp³-hybridized carbons (Fsp3) is 0.647. The summed E-state index contributed by atoms with van der Waals surface area (Å²) in [5, 5.41) is 29.3. The minimum absolute atomic E-state index is 0.231. The number of carbonyl (C=O) groups excluding carboxylic acids is 5. The Labute approximate surface area is 188 Å². The Balaban J connectivity index is 4.09. The van der Waals surface area contributed by atoms with Crippen LogP contribution in [0.3, 0.4) is 0 Å². The molecule has 182 valence electrons. The molecule has 0 aliphatic heterocycles. The molecular formula is C17H30N6O8S. The van der Waals surface area contributed by atoms with Gasteiger partial charge in [0.05, 0.1) is 32.3 Å². The van der Waals surface area contributed by atoms with E-state index in [1.165, 1.54) is 18.7 Å². The van der Waals surface area contributed by atoms with E-state index in [0.717, 1.165) is 0 Å². The summed E-state index contributed by atoms with van der Waals surface area (Å²) in [7, 11) is 0. The summed E-state index contributed by atoms with van der Waals surface area (Å²) in [6, 6.07) is -2.26. The zero-order valence-electron chi connectivity index (χ0n) is 17.8. The van der Waals surface area contributed by atoms with Crippen molar-refractivity contribution in [2.24, 2.45) is 5.73 Å². The summed E-state index contributed by atoms with van der Waals surface area (Å²) in [4.78, 5) is 69.2. The number of aliphatic hydroxyl groups is 1. The van der Waals surface area contributed by atoms with Crippen LogP contribution in [-0.2, 0) is 28.8 Å². The van der Waals surface area contributed by atoms with Crippen LogP contribution < -0.4 is 32.3 Å². The van der Waals surface area contributed by atoms with Crippen molar-refractivity contribution in [2.75, 3.05) is 38.2 Å². The highest BCUT2D eigenvalue weighted by Crippen LogP contribution is 2.00. The van der Waals surface area contributed by atoms with Crippen molar-refractivity contribution in [1.82, 2.24) is 26.6 Å². The molecule has 0 aromatic heterocycles. The quantitative estimate of drug-likeness (QED) is 0.112. The summed E-state index contributed by atoms with van der Waals surface area (Å²) in [5.74, 6) is -4.17. The zero-order chi connectivity index (χ0) is 24.7. The van der Waals surface area contributed by atoms with Gasteiger partial charge >= 0.3 is 5.97 Å². The number of hydrogen-bond donors (Lipinski definition) is 8. The number of carbonyl (C=O) groups is 6. The molecule has 0 bridgehead atoms. The summed E-state index contributed by atoms with van der Waals surface area (Å²) in [5.41, 5.74) is 5.39. The Bertz CT molecular complexity index is 690. The van der Waals surface area contributed by atoms with Gasteiger partial charge in [-0.3, -0.25) is 24.0 Å². The number of aliphatic carboxylic acids is 1. The fourth-order valence-electron chi connectivity index (χ4n) is 1.97. The summed E-state index contributed by atoms with van der Waals surface area (Å²) in [6.45, 7) is -0.562. The predicted octanol–water partition coefficient (Wildman–Crippen LogP) is -4.52. The maximum Gasteiger partial charge on any atom is 0.326 e. The molecule has 0 saturated heterocycles. The third-order valence-corrected chi connectivity index (χ3v) is 4.47. The molecule has 0 aromatic carbocycles. The van der Waals surface area contributed by atoms with Gasteiger partial charge in [0, 0.05) is 0 Å². The van der Waals surface area contributed by atoms with Crippen molar-refractivity contribution >= 4 is 47.3 Å². The standard InChI is InChI=1S/C17H30N6O8S/c1-9(24)15(18)16(29)22-7-13(27)20-5-11(25)19-6-12(26)21-8-14(28)23-10(17(30)31)3-4-32-2/h9-10,15,24H,3-8,18H2,1-2H3,(H,19,25)(H,20,27)(H,21,26)(H,22,29)(H,23,28)(H,30,31)/t9-,10+,15+/m1/s1. The Morgan fingerprint density at radius 2 is 1.28 bits per heavy atom. The van der Waals surface area contributed by atoms with Gasteiger partial charge < -0.3 is 42.5 Å². The SMILES string of the molecule is CSCC[C@H](NC(=O)CNC(=O)CNC(=O)CNC(=O)CNC(=O)[C@@H](N)[C@@H](C)O)C(=O)O. The first-order valence-corrected chi connectivity index (χ1v) is 10.9. The van der Waals surface area contributed by atoms with Crippen molar-refractivity contribution in [1.29, 1.82) is 0 Å². The van der Waals surface area contributed by atoms with Gasteiger partial charge in [-0.25, -0.2) is 4.79 Å². The molecule has 0 unspecified atom stereocenters. The van der Waals surface area contributed by atoms with Crippen molar-refractivity contribution < 1.29 is 39.0 Å². The minimum atomic E-state index is -1.20. The molecule has 0 aliphatic rings. The van der Waals surface area contributed by atoms with E-state index < -0.39 is 79.9 Å². The molecule has 0 saturated carbocycles. The molecule has 9 N–H and O–H groups in total. The second-order valence-corrected chi connectivity index (χ2v) is 7.54. The molecule has 0 aromatic rings. The van der Waals surface area contributed by atoms with E-state index in [-0.39, 0.29) is 6.42 Å². The number of nitrogens with two attached hydrogens (primary N) is 1. The predicted molar refractivity (Wildman–Crippen MR) is 114 cm³/mol. The maximum atomic E-state index is 11.7. The number of thioether (sulfide) groups is 1. The third-order valence-electron chi connectivity index (χ3n) is 3.83. The maximum absolute atomic E-state index is 11.7. The fourth-order valence-corrected chi connectivity index (χ4v) is 2.44. The lowest BCUT2D eigenvalue weighted by Gasteiger charge is -2.14. The molecule has 0 spiro atoms. The van der Waals surface area contributed by atoms with Gasteiger partial charge in [-0.05, 0) is 25.4 Å². The van der Waals surface area contributed by atoms with Crippen LogP contribution >= 0.6 is 11.8 Å². The van der Waals surface area contributed by atoms with E-state index in [2.05, 4.69) is 26.6 Å². The highest BCUT2D eigenvalue weighted by molar-refractivity contribution is 7.98. The summed E-state index contributed by atoms with van der Waals surface area (Å²) < 4.78 is 0. The Morgan fingerprint density at radius 1 is 0.844 bits per heavy atom. The number of aliphatic hydroxyl groups excluding tert-OH is 1. The van der Waals surface area contributed by atoms with E-state index >= 15 is 0 Å². The number of amides is 5. The lowest BCUT2D eigenvalue weighted by molar-refractivity contribution is -0.141. The van der Waals surface area contributed by atoms with Gasteiger partial charge in [0.2, 0.25) is 29.5 Å². The van der Waals surface area contributed by atoms with E-state index in [0.29, 0.717) is 5.75 Å². The Morgan fingerprint density at radius 3 is 1.69 bits per heavy atom. The molecule has 0 rings (SSSR count). The van der Waals surface area contributed by atoms with Gasteiger partial charge in [0.25, 0.3) is 0 Å². The monoisotopic (exact) mass is 478 g/mol. The average molecular weight is 479 g/mol. The van der Waals surface area contributed by atoms with Crippen LogP contribution in [0.25, 0.3) is 0 Å². The van der Waals surface area contributed by atoms with Gasteiger partial charge in [-0.2, -0.15) is 11.8 Å². The van der Waals surface area contributed by atoms with Crippen molar-refractivity contribution in [3.63, 3.8) is 0 Å². The zero-order valence-corrected chi connectivity index (χ0v) is 18.6. The summed E-state index contributed by atoms with van der Waals surface area (Å²) >= 11 is 1.43. The van der Waals surface area contributed by atoms with Crippen molar-refractivity contribution in [3.8, 4) is 0 Å². The Hall–Kier alpha value is -2.91. The second kappa shape index (κ2) is 15.8. The topological polar surface area (TPSA) is 229 Å². The number of rotatable bonds is 15. The first-order chi connectivity index (χ1) is 15.0. The molecule has 0 radical (unpaired) electrons. The smallest absolute Gasteiger partial charge is 0.326 e. The molecule has 14 nitrogen and oxygen atoms in total. The highest BCUT2D eigenvalue weighted by Gasteiger charge is 2.20. The van der Waals surface area contributed by atoms with E-state index in [4.69, 9.17) is 10.8 Å². The molecule has 0 heterocycles. The molecule has 15 heteroatoms. The van der Waals surface area contributed by atoms with E-state index in [1.54, 1.807) is 6.26 Å². The lowest BCUT2D eigenvalue weighted by atomic mass is 10.2. The van der Waals surface area contributed by atoms with Gasteiger partial charge in [-0.1, -0.05) is 0 Å². The highest BCUT2D eigenvalue weighted by atomic mass is 32.2. The van der Waals surface area contributed by atoms with Crippen LogP contribution in [0.5, 0.6) is 0 Å². The van der Waals surface area contributed by atoms with Crippen LogP contribution in [0.2, 0.25) is 0 Å². The minimum Gasteiger partial charge on any atom is -0.480 e. The van der Waals surface area contributed by atoms with Crippen LogP contribution in [0.1, 0.15) is 13.3 Å².